The first kappa shape index (κ1) is 13.1. The fourth-order valence-electron chi connectivity index (χ4n) is 1.72. The van der Waals surface area contributed by atoms with E-state index in [4.69, 9.17) is 10.6 Å². The number of hydrogen-bond acceptors (Lipinski definition) is 3. The molecule has 2 aromatic carbocycles. The molecule has 98 valence electrons. The molecule has 0 saturated heterocycles. The van der Waals surface area contributed by atoms with E-state index in [-0.39, 0.29) is 5.91 Å². The van der Waals surface area contributed by atoms with Crippen LogP contribution in [0.1, 0.15) is 21.5 Å². The Bertz CT molecular complexity index is 568. The first-order valence-corrected chi connectivity index (χ1v) is 5.99. The molecule has 0 heterocycles. The van der Waals surface area contributed by atoms with Gasteiger partial charge in [0.2, 0.25) is 0 Å². The summed E-state index contributed by atoms with van der Waals surface area (Å²) < 4.78 is 5.74. The molecule has 0 aliphatic heterocycles. The van der Waals surface area contributed by atoms with Crippen molar-refractivity contribution >= 4 is 5.91 Å². The van der Waals surface area contributed by atoms with Crippen molar-refractivity contribution < 1.29 is 9.53 Å². The van der Waals surface area contributed by atoms with E-state index in [1.165, 1.54) is 0 Å². The molecule has 2 rings (SSSR count). The van der Waals surface area contributed by atoms with E-state index in [1.54, 1.807) is 12.1 Å². The van der Waals surface area contributed by atoms with Crippen LogP contribution in [0.4, 0.5) is 0 Å². The molecule has 0 bridgehead atoms. The number of benzene rings is 2. The van der Waals surface area contributed by atoms with Crippen molar-refractivity contribution in [2.45, 2.75) is 13.5 Å². The zero-order valence-corrected chi connectivity index (χ0v) is 10.7. The summed E-state index contributed by atoms with van der Waals surface area (Å²) in [5.41, 5.74) is 4.65. The molecule has 3 N–H and O–H groups in total. The third-order valence-electron chi connectivity index (χ3n) is 2.82. The number of rotatable bonds is 4. The van der Waals surface area contributed by atoms with E-state index in [2.05, 4.69) is 5.43 Å². The zero-order chi connectivity index (χ0) is 13.7. The maximum atomic E-state index is 11.5. The van der Waals surface area contributed by atoms with Crippen LogP contribution in [0.5, 0.6) is 5.75 Å². The average Bonchev–Trinajstić information content (AvgIpc) is 2.46. The van der Waals surface area contributed by atoms with Gasteiger partial charge >= 0.3 is 0 Å². The number of ether oxygens (including phenoxy) is 1. The molecule has 19 heavy (non-hydrogen) atoms. The highest BCUT2D eigenvalue weighted by atomic mass is 16.5. The predicted octanol–water partition coefficient (Wildman–Crippen LogP) is 2.18. The molecule has 4 nitrogen and oxygen atoms in total. The van der Waals surface area contributed by atoms with Crippen LogP contribution in [0.15, 0.2) is 48.5 Å². The predicted molar refractivity (Wildman–Crippen MR) is 73.6 cm³/mol. The number of nitrogen functional groups attached to an aromatic ring is 1. The van der Waals surface area contributed by atoms with Gasteiger partial charge in [0.05, 0.1) is 0 Å². The van der Waals surface area contributed by atoms with Crippen LogP contribution in [-0.2, 0) is 6.61 Å². The Morgan fingerprint density at radius 1 is 1.21 bits per heavy atom. The number of amides is 1. The highest BCUT2D eigenvalue weighted by molar-refractivity contribution is 5.94. The van der Waals surface area contributed by atoms with Crippen molar-refractivity contribution in [1.29, 1.82) is 0 Å². The number of hydrazine groups is 1. The molecule has 4 heteroatoms. The number of aryl methyl sites for hydroxylation is 1. The van der Waals surface area contributed by atoms with E-state index < -0.39 is 0 Å². The molecule has 1 amide bonds. The lowest BCUT2D eigenvalue weighted by Crippen LogP contribution is -2.29. The molecule has 0 aromatic heterocycles. The molecule has 0 fully saturated rings. The maximum Gasteiger partial charge on any atom is 0.265 e. The zero-order valence-electron chi connectivity index (χ0n) is 10.7. The Morgan fingerprint density at radius 2 is 1.95 bits per heavy atom. The van der Waals surface area contributed by atoms with Crippen molar-refractivity contribution in [1.82, 2.24) is 5.43 Å². The van der Waals surface area contributed by atoms with Gasteiger partial charge in [-0.2, -0.15) is 0 Å². The average molecular weight is 256 g/mol. The quantitative estimate of drug-likeness (QED) is 0.500. The molecule has 0 atom stereocenters. The molecule has 0 aliphatic rings. The topological polar surface area (TPSA) is 64.4 Å². The number of nitrogens with one attached hydrogen (secondary N) is 1. The summed E-state index contributed by atoms with van der Waals surface area (Å²) in [4.78, 5) is 11.5. The van der Waals surface area contributed by atoms with Gasteiger partial charge in [-0.3, -0.25) is 10.2 Å². The van der Waals surface area contributed by atoms with Gasteiger partial charge in [0.25, 0.3) is 5.91 Å². The molecule has 0 saturated carbocycles. The SMILES string of the molecule is Cc1ccc(C(=O)NN)cc1OCc1ccccc1. The number of nitrogens with two attached hydrogens (primary N) is 1. The van der Waals surface area contributed by atoms with Crippen LogP contribution in [0.2, 0.25) is 0 Å². The molecule has 0 unspecified atom stereocenters. The number of carbonyl (C=O) groups is 1. The molecular weight excluding hydrogens is 240 g/mol. The van der Waals surface area contributed by atoms with E-state index in [0.717, 1.165) is 11.1 Å². The second-order valence-corrected chi connectivity index (χ2v) is 4.23. The number of carbonyl (C=O) groups excluding carboxylic acids is 1. The second-order valence-electron chi connectivity index (χ2n) is 4.23. The summed E-state index contributed by atoms with van der Waals surface area (Å²) >= 11 is 0. The fourth-order valence-corrected chi connectivity index (χ4v) is 1.72. The van der Waals surface area contributed by atoms with E-state index in [1.807, 2.05) is 43.3 Å². The van der Waals surface area contributed by atoms with Gasteiger partial charge in [0, 0.05) is 5.56 Å². The van der Waals surface area contributed by atoms with Crippen molar-refractivity contribution in [2.24, 2.45) is 5.84 Å². The molecule has 0 radical (unpaired) electrons. The van der Waals surface area contributed by atoms with E-state index in [9.17, 15) is 4.79 Å². The van der Waals surface area contributed by atoms with E-state index >= 15 is 0 Å². The summed E-state index contributed by atoms with van der Waals surface area (Å²) in [5, 5.41) is 0. The van der Waals surface area contributed by atoms with Crippen LogP contribution < -0.4 is 16.0 Å². The summed E-state index contributed by atoms with van der Waals surface area (Å²) in [6, 6.07) is 15.1. The van der Waals surface area contributed by atoms with Gasteiger partial charge < -0.3 is 4.74 Å². The van der Waals surface area contributed by atoms with Crippen molar-refractivity contribution in [3.63, 3.8) is 0 Å². The largest absolute Gasteiger partial charge is 0.489 e. The third kappa shape index (κ3) is 3.33. The van der Waals surface area contributed by atoms with E-state index in [0.29, 0.717) is 17.9 Å². The second kappa shape index (κ2) is 6.02. The van der Waals surface area contributed by atoms with Gasteiger partial charge in [-0.25, -0.2) is 5.84 Å². The summed E-state index contributed by atoms with van der Waals surface area (Å²) in [6.45, 7) is 2.40. The molecule has 0 aliphatic carbocycles. The minimum atomic E-state index is -0.329. The Kier molecular flexibility index (Phi) is 4.15. The minimum Gasteiger partial charge on any atom is -0.489 e. The Balaban J connectivity index is 2.13. The van der Waals surface area contributed by atoms with Crippen molar-refractivity contribution in [3.8, 4) is 5.75 Å². The Morgan fingerprint density at radius 3 is 2.63 bits per heavy atom. The summed E-state index contributed by atoms with van der Waals surface area (Å²) in [7, 11) is 0. The normalized spacial score (nSPS) is 10.0. The summed E-state index contributed by atoms with van der Waals surface area (Å²) in [6.07, 6.45) is 0. The van der Waals surface area contributed by atoms with Gasteiger partial charge in [-0.1, -0.05) is 36.4 Å². The maximum absolute atomic E-state index is 11.5. The first-order chi connectivity index (χ1) is 9.20. The monoisotopic (exact) mass is 256 g/mol. The van der Waals surface area contributed by atoms with Crippen LogP contribution in [-0.4, -0.2) is 5.91 Å². The van der Waals surface area contributed by atoms with Crippen LogP contribution in [0.3, 0.4) is 0 Å². The molecule has 0 spiro atoms. The van der Waals surface area contributed by atoms with Gasteiger partial charge in [-0.05, 0) is 30.2 Å². The fraction of sp³-hybridized carbons (Fsp3) is 0.133. The van der Waals surface area contributed by atoms with Crippen molar-refractivity contribution in [3.05, 3.63) is 65.2 Å². The van der Waals surface area contributed by atoms with Crippen LogP contribution in [0.25, 0.3) is 0 Å². The lowest BCUT2D eigenvalue weighted by atomic mass is 10.1. The minimum absolute atomic E-state index is 0.329. The van der Waals surface area contributed by atoms with Crippen molar-refractivity contribution in [2.75, 3.05) is 0 Å². The van der Waals surface area contributed by atoms with Gasteiger partial charge in [0.15, 0.2) is 0 Å². The standard InChI is InChI=1S/C15H16N2O2/c1-11-7-8-13(15(18)17-16)9-14(11)19-10-12-5-3-2-4-6-12/h2-9H,10,16H2,1H3,(H,17,18). The molecular formula is C15H16N2O2. The summed E-state index contributed by atoms with van der Waals surface area (Å²) in [5.74, 6) is 5.47. The van der Waals surface area contributed by atoms with Crippen LogP contribution in [0, 0.1) is 6.92 Å². The Hall–Kier alpha value is -2.33. The highest BCUT2D eigenvalue weighted by Gasteiger charge is 2.07. The molecule has 2 aromatic rings. The smallest absolute Gasteiger partial charge is 0.265 e. The lowest BCUT2D eigenvalue weighted by molar-refractivity contribution is 0.0953. The Labute approximate surface area is 112 Å². The van der Waals surface area contributed by atoms with Gasteiger partial charge in [-0.15, -0.1) is 0 Å². The third-order valence-corrected chi connectivity index (χ3v) is 2.82. The lowest BCUT2D eigenvalue weighted by Gasteiger charge is -2.10. The highest BCUT2D eigenvalue weighted by Crippen LogP contribution is 2.20. The number of hydrogen-bond donors (Lipinski definition) is 2. The first-order valence-electron chi connectivity index (χ1n) is 5.99. The van der Waals surface area contributed by atoms with Gasteiger partial charge in [0.1, 0.15) is 12.4 Å². The van der Waals surface area contributed by atoms with Crippen LogP contribution >= 0.6 is 0 Å².